The van der Waals surface area contributed by atoms with E-state index in [2.05, 4.69) is 10.5 Å². The molecule has 0 aliphatic heterocycles. The number of benzene rings is 2. The van der Waals surface area contributed by atoms with E-state index in [0.29, 0.717) is 11.3 Å². The molecule has 0 saturated carbocycles. The van der Waals surface area contributed by atoms with Crippen LogP contribution >= 0.6 is 0 Å². The SMILES string of the molecule is C/C(=N/NC(=O)c1ccc(F)cc1)c1ccccc1[N+](=O)[O-]. The smallest absolute Gasteiger partial charge is 0.267 e. The summed E-state index contributed by atoms with van der Waals surface area (Å²) in [4.78, 5) is 22.3. The lowest BCUT2D eigenvalue weighted by atomic mass is 10.1. The highest BCUT2D eigenvalue weighted by Crippen LogP contribution is 2.18. The Labute approximate surface area is 125 Å². The Hall–Kier alpha value is -3.09. The summed E-state index contributed by atoms with van der Waals surface area (Å²) in [5, 5.41) is 14.8. The summed E-state index contributed by atoms with van der Waals surface area (Å²) < 4.78 is 12.8. The minimum absolute atomic E-state index is 0.0974. The Kier molecular flexibility index (Phi) is 4.57. The molecule has 0 atom stereocenters. The van der Waals surface area contributed by atoms with E-state index < -0.39 is 16.6 Å². The van der Waals surface area contributed by atoms with Crippen LogP contribution in [0.2, 0.25) is 0 Å². The Balaban J connectivity index is 2.18. The second kappa shape index (κ2) is 6.57. The molecule has 1 amide bonds. The average molecular weight is 301 g/mol. The van der Waals surface area contributed by atoms with E-state index in [-0.39, 0.29) is 11.3 Å². The van der Waals surface area contributed by atoms with Crippen LogP contribution in [-0.2, 0) is 0 Å². The summed E-state index contributed by atoms with van der Waals surface area (Å²) in [6.45, 7) is 1.55. The molecule has 2 aromatic carbocycles. The minimum Gasteiger partial charge on any atom is -0.267 e. The van der Waals surface area contributed by atoms with Crippen molar-refractivity contribution in [2.24, 2.45) is 5.10 Å². The molecule has 0 heterocycles. The quantitative estimate of drug-likeness (QED) is 0.535. The van der Waals surface area contributed by atoms with Crippen molar-refractivity contribution in [3.05, 3.63) is 75.6 Å². The Morgan fingerprint density at radius 2 is 1.82 bits per heavy atom. The van der Waals surface area contributed by atoms with E-state index >= 15 is 0 Å². The fourth-order valence-electron chi connectivity index (χ4n) is 1.80. The average Bonchev–Trinajstić information content (AvgIpc) is 2.53. The van der Waals surface area contributed by atoms with E-state index in [0.717, 1.165) is 12.1 Å². The second-order valence-electron chi connectivity index (χ2n) is 4.42. The second-order valence-corrected chi connectivity index (χ2v) is 4.42. The van der Waals surface area contributed by atoms with Crippen LogP contribution in [0.5, 0.6) is 0 Å². The molecule has 7 heteroatoms. The molecule has 0 fully saturated rings. The van der Waals surface area contributed by atoms with Gasteiger partial charge in [-0.25, -0.2) is 9.82 Å². The summed E-state index contributed by atoms with van der Waals surface area (Å²) in [5.74, 6) is -0.978. The number of hydrogen-bond acceptors (Lipinski definition) is 4. The molecule has 22 heavy (non-hydrogen) atoms. The lowest BCUT2D eigenvalue weighted by Gasteiger charge is -2.04. The third-order valence-electron chi connectivity index (χ3n) is 2.92. The van der Waals surface area contributed by atoms with Crippen LogP contribution in [0.4, 0.5) is 10.1 Å². The van der Waals surface area contributed by atoms with Gasteiger partial charge in [0.15, 0.2) is 0 Å². The van der Waals surface area contributed by atoms with Crippen LogP contribution in [0, 0.1) is 15.9 Å². The molecule has 112 valence electrons. The molecule has 2 aromatic rings. The predicted octanol–water partition coefficient (Wildman–Crippen LogP) is 2.89. The first-order chi connectivity index (χ1) is 10.5. The van der Waals surface area contributed by atoms with E-state index in [1.54, 1.807) is 25.1 Å². The highest BCUT2D eigenvalue weighted by atomic mass is 19.1. The van der Waals surface area contributed by atoms with Crippen LogP contribution in [0.1, 0.15) is 22.8 Å². The first kappa shape index (κ1) is 15.3. The monoisotopic (exact) mass is 301 g/mol. The molecular weight excluding hydrogens is 289 g/mol. The summed E-state index contributed by atoms with van der Waals surface area (Å²) in [6.07, 6.45) is 0. The first-order valence-electron chi connectivity index (χ1n) is 6.33. The van der Waals surface area contributed by atoms with Crippen LogP contribution in [-0.4, -0.2) is 16.5 Å². The minimum atomic E-state index is -0.530. The maximum atomic E-state index is 12.8. The number of para-hydroxylation sites is 1. The summed E-state index contributed by atoms with van der Waals surface area (Å²) in [6, 6.07) is 11.0. The van der Waals surface area contributed by atoms with Crippen molar-refractivity contribution in [3.63, 3.8) is 0 Å². The van der Waals surface area contributed by atoms with Crippen molar-refractivity contribution in [2.45, 2.75) is 6.92 Å². The topological polar surface area (TPSA) is 84.6 Å². The molecule has 6 nitrogen and oxygen atoms in total. The van der Waals surface area contributed by atoms with Gasteiger partial charge in [0.05, 0.1) is 16.2 Å². The van der Waals surface area contributed by atoms with Gasteiger partial charge in [-0.1, -0.05) is 12.1 Å². The molecule has 0 aromatic heterocycles. The number of hydrazone groups is 1. The van der Waals surface area contributed by atoms with Gasteiger partial charge in [0.25, 0.3) is 11.6 Å². The van der Waals surface area contributed by atoms with E-state index in [1.807, 2.05) is 0 Å². The molecule has 0 aliphatic carbocycles. The predicted molar refractivity (Wildman–Crippen MR) is 79.2 cm³/mol. The van der Waals surface area contributed by atoms with Crippen molar-refractivity contribution < 1.29 is 14.1 Å². The molecule has 0 saturated heterocycles. The van der Waals surface area contributed by atoms with Gasteiger partial charge >= 0.3 is 0 Å². The van der Waals surface area contributed by atoms with Crippen molar-refractivity contribution in [1.82, 2.24) is 5.43 Å². The van der Waals surface area contributed by atoms with Gasteiger partial charge in [-0.15, -0.1) is 0 Å². The van der Waals surface area contributed by atoms with E-state index in [1.165, 1.54) is 18.2 Å². The van der Waals surface area contributed by atoms with E-state index in [9.17, 15) is 19.3 Å². The van der Waals surface area contributed by atoms with Crippen LogP contribution < -0.4 is 5.43 Å². The molecule has 0 unspecified atom stereocenters. The third kappa shape index (κ3) is 3.51. The van der Waals surface area contributed by atoms with Crippen LogP contribution in [0.25, 0.3) is 0 Å². The number of nitrogens with one attached hydrogen (secondary N) is 1. The zero-order valence-electron chi connectivity index (χ0n) is 11.6. The summed E-state index contributed by atoms with van der Waals surface area (Å²) in [7, 11) is 0. The lowest BCUT2D eigenvalue weighted by Crippen LogP contribution is -2.19. The largest absolute Gasteiger partial charge is 0.278 e. The van der Waals surface area contributed by atoms with Gasteiger partial charge in [0, 0.05) is 11.6 Å². The molecule has 0 spiro atoms. The molecule has 0 aliphatic rings. The zero-order chi connectivity index (χ0) is 16.1. The molecule has 0 bridgehead atoms. The van der Waals surface area contributed by atoms with Crippen molar-refractivity contribution >= 4 is 17.3 Å². The number of rotatable bonds is 4. The number of nitro benzene ring substituents is 1. The molecule has 2 rings (SSSR count). The number of carbonyl (C=O) groups excluding carboxylic acids is 1. The highest BCUT2D eigenvalue weighted by molar-refractivity contribution is 6.03. The molecular formula is C15H12FN3O3. The molecule has 0 radical (unpaired) electrons. The number of carbonyl (C=O) groups is 1. The fraction of sp³-hybridized carbons (Fsp3) is 0.0667. The van der Waals surface area contributed by atoms with Crippen LogP contribution in [0.15, 0.2) is 53.6 Å². The van der Waals surface area contributed by atoms with Gasteiger partial charge in [-0.2, -0.15) is 5.10 Å². The normalized spacial score (nSPS) is 11.1. The fourth-order valence-corrected chi connectivity index (χ4v) is 1.80. The zero-order valence-corrected chi connectivity index (χ0v) is 11.6. The number of hydrogen-bond donors (Lipinski definition) is 1. The van der Waals surface area contributed by atoms with Gasteiger partial charge in [-0.05, 0) is 37.3 Å². The van der Waals surface area contributed by atoms with Crippen LogP contribution in [0.3, 0.4) is 0 Å². The first-order valence-corrected chi connectivity index (χ1v) is 6.33. The van der Waals surface area contributed by atoms with Crippen molar-refractivity contribution in [1.29, 1.82) is 0 Å². The van der Waals surface area contributed by atoms with E-state index in [4.69, 9.17) is 0 Å². The number of halogens is 1. The Bertz CT molecular complexity index is 742. The Morgan fingerprint density at radius 1 is 1.18 bits per heavy atom. The Morgan fingerprint density at radius 3 is 2.45 bits per heavy atom. The number of nitrogens with zero attached hydrogens (tertiary/aromatic N) is 2. The number of nitro groups is 1. The summed E-state index contributed by atoms with van der Waals surface area (Å²) in [5.41, 5.74) is 3.03. The van der Waals surface area contributed by atoms with Gasteiger partial charge in [0.2, 0.25) is 0 Å². The maximum absolute atomic E-state index is 12.8. The third-order valence-corrected chi connectivity index (χ3v) is 2.92. The molecule has 1 N–H and O–H groups in total. The lowest BCUT2D eigenvalue weighted by molar-refractivity contribution is -0.385. The standard InChI is InChI=1S/C15H12FN3O3/c1-10(13-4-2-3-5-14(13)19(21)22)17-18-15(20)11-6-8-12(16)9-7-11/h2-9H,1H3,(H,18,20)/b17-10-. The highest BCUT2D eigenvalue weighted by Gasteiger charge is 2.15. The summed E-state index contributed by atoms with van der Waals surface area (Å²) >= 11 is 0. The maximum Gasteiger partial charge on any atom is 0.278 e. The number of amides is 1. The van der Waals surface area contributed by atoms with Gasteiger partial charge in [-0.3, -0.25) is 14.9 Å². The van der Waals surface area contributed by atoms with Crippen molar-refractivity contribution in [3.8, 4) is 0 Å². The van der Waals surface area contributed by atoms with Gasteiger partial charge < -0.3 is 0 Å². The van der Waals surface area contributed by atoms with Crippen molar-refractivity contribution in [2.75, 3.05) is 0 Å². The van der Waals surface area contributed by atoms with Gasteiger partial charge in [0.1, 0.15) is 5.82 Å².